The fraction of sp³-hybridized carbons (Fsp3) is 0.167. The van der Waals surface area contributed by atoms with E-state index in [1.807, 2.05) is 44.2 Å². The van der Waals surface area contributed by atoms with Gasteiger partial charge in [0.2, 0.25) is 0 Å². The van der Waals surface area contributed by atoms with Crippen molar-refractivity contribution in [3.05, 3.63) is 65.5 Å². The SMILES string of the molecule is CC(C)c1nc(/C=C/c2cn(-c3ccccc3)nn2)ncc1C(=O)O. The topological polar surface area (TPSA) is 93.8 Å². The molecule has 0 aliphatic heterocycles. The molecule has 126 valence electrons. The Hall–Kier alpha value is -3.35. The van der Waals surface area contributed by atoms with Gasteiger partial charge in [0.25, 0.3) is 0 Å². The van der Waals surface area contributed by atoms with Crippen molar-refractivity contribution in [2.45, 2.75) is 19.8 Å². The first-order chi connectivity index (χ1) is 12.0. The first kappa shape index (κ1) is 16.5. The van der Waals surface area contributed by atoms with Gasteiger partial charge >= 0.3 is 5.97 Å². The number of nitrogens with zero attached hydrogens (tertiary/aromatic N) is 5. The quantitative estimate of drug-likeness (QED) is 0.770. The minimum Gasteiger partial charge on any atom is -0.478 e. The summed E-state index contributed by atoms with van der Waals surface area (Å²) in [6.45, 7) is 3.79. The molecular weight excluding hydrogens is 318 g/mol. The monoisotopic (exact) mass is 335 g/mol. The van der Waals surface area contributed by atoms with Crippen molar-refractivity contribution in [3.8, 4) is 5.69 Å². The van der Waals surface area contributed by atoms with E-state index in [1.165, 1.54) is 6.20 Å². The smallest absolute Gasteiger partial charge is 0.339 e. The average Bonchev–Trinajstić information content (AvgIpc) is 3.09. The van der Waals surface area contributed by atoms with Gasteiger partial charge in [-0.15, -0.1) is 5.10 Å². The van der Waals surface area contributed by atoms with Crippen LogP contribution in [0.4, 0.5) is 0 Å². The van der Waals surface area contributed by atoms with E-state index in [0.717, 1.165) is 5.69 Å². The minimum atomic E-state index is -1.02. The number of rotatable bonds is 5. The van der Waals surface area contributed by atoms with E-state index in [2.05, 4.69) is 20.3 Å². The number of para-hydroxylation sites is 1. The Labute approximate surface area is 144 Å². The van der Waals surface area contributed by atoms with E-state index < -0.39 is 5.97 Å². The number of hydrogen-bond acceptors (Lipinski definition) is 5. The number of benzene rings is 1. The van der Waals surface area contributed by atoms with Crippen molar-refractivity contribution in [2.75, 3.05) is 0 Å². The number of carboxylic acid groups (broad SMARTS) is 1. The first-order valence-corrected chi connectivity index (χ1v) is 7.80. The first-order valence-electron chi connectivity index (χ1n) is 7.80. The Morgan fingerprint density at radius 1 is 1.20 bits per heavy atom. The molecule has 2 heterocycles. The summed E-state index contributed by atoms with van der Waals surface area (Å²) in [6, 6.07) is 9.66. The van der Waals surface area contributed by atoms with E-state index >= 15 is 0 Å². The van der Waals surface area contributed by atoms with Gasteiger partial charge in [-0.1, -0.05) is 37.3 Å². The van der Waals surface area contributed by atoms with Crippen molar-refractivity contribution in [1.82, 2.24) is 25.0 Å². The van der Waals surface area contributed by atoms with Crippen LogP contribution >= 0.6 is 0 Å². The Balaban J connectivity index is 1.84. The number of aromatic nitrogens is 5. The van der Waals surface area contributed by atoms with Crippen molar-refractivity contribution in [2.24, 2.45) is 0 Å². The summed E-state index contributed by atoms with van der Waals surface area (Å²) >= 11 is 0. The predicted octanol–water partition coefficient (Wildman–Crippen LogP) is 3.05. The lowest BCUT2D eigenvalue weighted by molar-refractivity contribution is 0.0694. The highest BCUT2D eigenvalue weighted by molar-refractivity contribution is 5.88. The van der Waals surface area contributed by atoms with Crippen LogP contribution in [0.5, 0.6) is 0 Å². The second-order valence-electron chi connectivity index (χ2n) is 5.74. The van der Waals surface area contributed by atoms with Gasteiger partial charge in [0, 0.05) is 6.20 Å². The van der Waals surface area contributed by atoms with Crippen LogP contribution in [0.15, 0.2) is 42.7 Å². The minimum absolute atomic E-state index is 0.0137. The lowest BCUT2D eigenvalue weighted by atomic mass is 10.1. The molecule has 0 amide bonds. The Kier molecular flexibility index (Phi) is 4.65. The Morgan fingerprint density at radius 3 is 2.64 bits per heavy atom. The maximum Gasteiger partial charge on any atom is 0.339 e. The summed E-state index contributed by atoms with van der Waals surface area (Å²) < 4.78 is 1.67. The summed E-state index contributed by atoms with van der Waals surface area (Å²) in [5.74, 6) is -0.604. The van der Waals surface area contributed by atoms with E-state index in [0.29, 0.717) is 17.2 Å². The third-order valence-electron chi connectivity index (χ3n) is 3.55. The van der Waals surface area contributed by atoms with Gasteiger partial charge in [-0.05, 0) is 30.2 Å². The molecule has 0 saturated carbocycles. The molecule has 1 aromatic carbocycles. The summed E-state index contributed by atoms with van der Waals surface area (Å²) in [4.78, 5) is 19.7. The molecule has 7 heteroatoms. The molecule has 0 bridgehead atoms. The number of carbonyl (C=O) groups is 1. The van der Waals surface area contributed by atoms with E-state index in [9.17, 15) is 9.90 Å². The maximum atomic E-state index is 11.2. The van der Waals surface area contributed by atoms with Gasteiger partial charge < -0.3 is 5.11 Å². The van der Waals surface area contributed by atoms with Gasteiger partial charge in [-0.25, -0.2) is 19.4 Å². The van der Waals surface area contributed by atoms with Crippen molar-refractivity contribution in [1.29, 1.82) is 0 Å². The fourth-order valence-electron chi connectivity index (χ4n) is 2.31. The second kappa shape index (κ2) is 7.04. The van der Waals surface area contributed by atoms with E-state index in [-0.39, 0.29) is 11.5 Å². The largest absolute Gasteiger partial charge is 0.478 e. The van der Waals surface area contributed by atoms with Gasteiger partial charge in [0.15, 0.2) is 5.82 Å². The highest BCUT2D eigenvalue weighted by Gasteiger charge is 2.15. The molecule has 0 saturated heterocycles. The molecule has 0 aliphatic carbocycles. The molecule has 3 rings (SSSR count). The van der Waals surface area contributed by atoms with Crippen LogP contribution in [0.2, 0.25) is 0 Å². The summed E-state index contributed by atoms with van der Waals surface area (Å²) in [6.07, 6.45) is 6.56. The molecule has 3 aromatic rings. The van der Waals surface area contributed by atoms with E-state index in [1.54, 1.807) is 23.0 Å². The van der Waals surface area contributed by atoms with Crippen LogP contribution in [-0.4, -0.2) is 36.0 Å². The van der Waals surface area contributed by atoms with Crippen LogP contribution in [0.1, 0.15) is 47.3 Å². The number of carboxylic acids is 1. The lowest BCUT2D eigenvalue weighted by Gasteiger charge is -2.08. The third kappa shape index (κ3) is 3.77. The summed E-state index contributed by atoms with van der Waals surface area (Å²) in [5, 5.41) is 17.4. The number of hydrogen-bond donors (Lipinski definition) is 1. The maximum absolute atomic E-state index is 11.2. The van der Waals surface area contributed by atoms with Gasteiger partial charge in [0.1, 0.15) is 5.69 Å². The van der Waals surface area contributed by atoms with Crippen LogP contribution in [0, 0.1) is 0 Å². The Morgan fingerprint density at radius 2 is 1.96 bits per heavy atom. The number of aromatic carboxylic acids is 1. The van der Waals surface area contributed by atoms with Gasteiger partial charge in [-0.2, -0.15) is 0 Å². The molecule has 2 aromatic heterocycles. The highest BCUT2D eigenvalue weighted by Crippen LogP contribution is 2.17. The molecule has 0 aliphatic rings. The molecule has 25 heavy (non-hydrogen) atoms. The van der Waals surface area contributed by atoms with Gasteiger partial charge in [0.05, 0.1) is 23.1 Å². The molecule has 0 atom stereocenters. The van der Waals surface area contributed by atoms with Crippen LogP contribution < -0.4 is 0 Å². The van der Waals surface area contributed by atoms with Gasteiger partial charge in [-0.3, -0.25) is 0 Å². The predicted molar refractivity (Wildman–Crippen MR) is 93.4 cm³/mol. The highest BCUT2D eigenvalue weighted by atomic mass is 16.4. The normalized spacial score (nSPS) is 11.3. The van der Waals surface area contributed by atoms with Crippen molar-refractivity contribution in [3.63, 3.8) is 0 Å². The zero-order valence-corrected chi connectivity index (χ0v) is 13.9. The molecule has 1 N–H and O–H groups in total. The molecule has 0 unspecified atom stereocenters. The van der Waals surface area contributed by atoms with Crippen molar-refractivity contribution >= 4 is 18.1 Å². The standard InChI is InChI=1S/C18H17N5O2/c1-12(2)17-15(18(24)25)10-19-16(20-17)9-8-13-11-23(22-21-13)14-6-4-3-5-7-14/h3-12H,1-2H3,(H,24,25)/b9-8+. The van der Waals surface area contributed by atoms with Crippen LogP contribution in [0.3, 0.4) is 0 Å². The lowest BCUT2D eigenvalue weighted by Crippen LogP contribution is -2.08. The molecule has 0 fully saturated rings. The summed E-state index contributed by atoms with van der Waals surface area (Å²) in [7, 11) is 0. The molecular formula is C18H17N5O2. The third-order valence-corrected chi connectivity index (χ3v) is 3.55. The molecule has 0 radical (unpaired) electrons. The molecule has 0 spiro atoms. The van der Waals surface area contributed by atoms with Crippen molar-refractivity contribution < 1.29 is 9.90 Å². The fourth-order valence-corrected chi connectivity index (χ4v) is 2.31. The van der Waals surface area contributed by atoms with Crippen LogP contribution in [0.25, 0.3) is 17.8 Å². The molecule has 7 nitrogen and oxygen atoms in total. The zero-order valence-electron chi connectivity index (χ0n) is 13.9. The average molecular weight is 335 g/mol. The zero-order chi connectivity index (χ0) is 17.8. The second-order valence-corrected chi connectivity index (χ2v) is 5.74. The summed E-state index contributed by atoms with van der Waals surface area (Å²) in [5.41, 5.74) is 2.21. The Bertz CT molecular complexity index is 916. The van der Waals surface area contributed by atoms with E-state index in [4.69, 9.17) is 0 Å². The van der Waals surface area contributed by atoms with Crippen LogP contribution in [-0.2, 0) is 0 Å².